The molecule has 0 spiro atoms. The van der Waals surface area contributed by atoms with Crippen molar-refractivity contribution >= 4 is 6.08 Å². The van der Waals surface area contributed by atoms with Gasteiger partial charge in [0.15, 0.2) is 0 Å². The Morgan fingerprint density at radius 3 is 1.79 bits per heavy atom. The molecule has 0 aromatic heterocycles. The minimum Gasteiger partial charge on any atom is -0.489 e. The molecule has 0 saturated carbocycles. The van der Waals surface area contributed by atoms with Gasteiger partial charge < -0.3 is 4.74 Å². The van der Waals surface area contributed by atoms with Gasteiger partial charge in [-0.3, -0.25) is 0 Å². The summed E-state index contributed by atoms with van der Waals surface area (Å²) in [5.41, 5.74) is 6.38. The normalized spacial score (nSPS) is 11.5. The fraction of sp³-hybridized carbons (Fsp3) is 0.421. The lowest BCUT2D eigenvalue weighted by Gasteiger charge is -2.09. The minimum atomic E-state index is 0.602. The van der Waals surface area contributed by atoms with Crippen molar-refractivity contribution in [3.8, 4) is 16.9 Å². The van der Waals surface area contributed by atoms with Crippen LogP contribution >= 0.6 is 0 Å². The van der Waals surface area contributed by atoms with E-state index in [2.05, 4.69) is 111 Å². The van der Waals surface area contributed by atoms with Crippen molar-refractivity contribution in [2.45, 2.75) is 104 Å². The smallest absolute Gasteiger partial charge is 0.119 e. The molecular weight excluding hydrogens is 472 g/mol. The Balaban J connectivity index is 1.36. The molecule has 0 N–H and O–H groups in total. The predicted molar refractivity (Wildman–Crippen MR) is 171 cm³/mol. The average molecular weight is 523 g/mol. The van der Waals surface area contributed by atoms with Crippen LogP contribution in [-0.2, 0) is 13.0 Å². The summed E-state index contributed by atoms with van der Waals surface area (Å²) in [6.45, 7) is 4.97. The summed E-state index contributed by atoms with van der Waals surface area (Å²) < 4.78 is 6.06. The zero-order chi connectivity index (χ0) is 27.4. The summed E-state index contributed by atoms with van der Waals surface area (Å²) in [5.74, 6) is 0.912. The second-order valence-corrected chi connectivity index (χ2v) is 10.7. The van der Waals surface area contributed by atoms with Crippen molar-refractivity contribution in [3.63, 3.8) is 0 Å². The molecule has 0 saturated heterocycles. The number of hydrogen-bond acceptors (Lipinski definition) is 1. The Kier molecular flexibility index (Phi) is 14.9. The van der Waals surface area contributed by atoms with Gasteiger partial charge in [-0.15, -0.1) is 0 Å². The van der Waals surface area contributed by atoms with E-state index in [0.29, 0.717) is 6.61 Å². The molecule has 0 aliphatic carbocycles. The Morgan fingerprint density at radius 1 is 0.564 bits per heavy atom. The fourth-order valence-electron chi connectivity index (χ4n) is 4.87. The highest BCUT2D eigenvalue weighted by atomic mass is 16.5. The number of ether oxygens (including phenoxy) is 1. The van der Waals surface area contributed by atoms with Gasteiger partial charge in [0.25, 0.3) is 0 Å². The van der Waals surface area contributed by atoms with E-state index in [1.54, 1.807) is 0 Å². The molecule has 0 amide bonds. The van der Waals surface area contributed by atoms with Gasteiger partial charge in [0, 0.05) is 0 Å². The molecule has 1 nitrogen and oxygen atoms in total. The maximum atomic E-state index is 6.06. The van der Waals surface area contributed by atoms with E-state index in [1.165, 1.54) is 111 Å². The van der Waals surface area contributed by atoms with Crippen molar-refractivity contribution < 1.29 is 4.74 Å². The topological polar surface area (TPSA) is 9.23 Å². The van der Waals surface area contributed by atoms with Gasteiger partial charge in [-0.1, -0.05) is 137 Å². The van der Waals surface area contributed by atoms with Gasteiger partial charge in [-0.05, 0) is 85.4 Å². The highest BCUT2D eigenvalue weighted by Gasteiger charge is 2.01. The maximum Gasteiger partial charge on any atom is 0.119 e. The molecule has 0 radical (unpaired) electrons. The van der Waals surface area contributed by atoms with Crippen molar-refractivity contribution in [3.05, 3.63) is 108 Å². The molecule has 3 rings (SSSR count). The Labute approximate surface area is 239 Å². The third kappa shape index (κ3) is 12.6. The van der Waals surface area contributed by atoms with Crippen LogP contribution in [0.25, 0.3) is 17.2 Å². The molecule has 0 unspecified atom stereocenters. The zero-order valence-electron chi connectivity index (χ0n) is 24.5. The second kappa shape index (κ2) is 19.1. The van der Waals surface area contributed by atoms with Crippen LogP contribution in [0.1, 0.15) is 108 Å². The quantitative estimate of drug-likeness (QED) is 0.112. The first kappa shape index (κ1) is 30.5. The van der Waals surface area contributed by atoms with E-state index >= 15 is 0 Å². The lowest BCUT2D eigenvalue weighted by molar-refractivity contribution is 0.306. The predicted octanol–water partition coefficient (Wildman–Crippen LogP) is 11.8. The van der Waals surface area contributed by atoms with Gasteiger partial charge in [-0.25, -0.2) is 0 Å². The molecule has 0 aliphatic heterocycles. The summed E-state index contributed by atoms with van der Waals surface area (Å²) in [6.07, 6.45) is 25.9. The first-order chi connectivity index (χ1) is 19.3. The molecule has 3 aromatic rings. The summed E-state index contributed by atoms with van der Waals surface area (Å²) in [4.78, 5) is 0. The van der Waals surface area contributed by atoms with Gasteiger partial charge >= 0.3 is 0 Å². The van der Waals surface area contributed by atoms with Crippen LogP contribution < -0.4 is 4.74 Å². The summed E-state index contributed by atoms with van der Waals surface area (Å²) in [6, 6.07) is 26.3. The second-order valence-electron chi connectivity index (χ2n) is 10.7. The third-order valence-electron chi connectivity index (χ3n) is 7.38. The number of unbranched alkanes of at least 4 members (excludes halogenated alkanes) is 10. The SMILES string of the molecule is C/C=C/CCCCCCc1ccc(COc2ccc(-c3ccc(/C=C/CCCCCCCC)cc3)cc2)cc1. The lowest BCUT2D eigenvalue weighted by atomic mass is 10.0. The zero-order valence-corrected chi connectivity index (χ0v) is 24.5. The highest BCUT2D eigenvalue weighted by Crippen LogP contribution is 2.24. The molecule has 0 bridgehead atoms. The molecule has 3 aromatic carbocycles. The molecule has 39 heavy (non-hydrogen) atoms. The van der Waals surface area contributed by atoms with Gasteiger partial charge in [0.2, 0.25) is 0 Å². The monoisotopic (exact) mass is 522 g/mol. The Bertz CT molecular complexity index is 1070. The van der Waals surface area contributed by atoms with Crippen molar-refractivity contribution in [2.75, 3.05) is 0 Å². The Hall–Kier alpha value is -3.06. The number of benzene rings is 3. The van der Waals surface area contributed by atoms with Gasteiger partial charge in [0.1, 0.15) is 12.4 Å². The van der Waals surface area contributed by atoms with E-state index in [1.807, 2.05) is 0 Å². The molecule has 0 heterocycles. The minimum absolute atomic E-state index is 0.602. The molecule has 1 heteroatoms. The average Bonchev–Trinajstić information content (AvgIpc) is 2.98. The van der Waals surface area contributed by atoms with Crippen molar-refractivity contribution in [1.82, 2.24) is 0 Å². The molecule has 0 atom stereocenters. The standard InChI is InChI=1S/C38H50O/c1-3-5-7-9-11-13-15-17-19-34-24-26-36(27-25-34)37-28-30-38(31-29-37)39-32-35-22-20-33(21-23-35)18-16-14-12-10-8-6-4-2/h4,6,17,19-31H,3,5,7-16,18,32H2,1-2H3/b6-4+,19-17+. The highest BCUT2D eigenvalue weighted by molar-refractivity contribution is 5.66. The van der Waals surface area contributed by atoms with Crippen molar-refractivity contribution in [1.29, 1.82) is 0 Å². The molecule has 208 valence electrons. The van der Waals surface area contributed by atoms with E-state index in [9.17, 15) is 0 Å². The van der Waals surface area contributed by atoms with Crippen LogP contribution in [0.4, 0.5) is 0 Å². The lowest BCUT2D eigenvalue weighted by Crippen LogP contribution is -1.96. The van der Waals surface area contributed by atoms with Crippen LogP contribution in [0.5, 0.6) is 5.75 Å². The first-order valence-corrected chi connectivity index (χ1v) is 15.5. The van der Waals surface area contributed by atoms with Crippen LogP contribution in [0.3, 0.4) is 0 Å². The van der Waals surface area contributed by atoms with E-state index < -0.39 is 0 Å². The van der Waals surface area contributed by atoms with E-state index in [-0.39, 0.29) is 0 Å². The van der Waals surface area contributed by atoms with Crippen LogP contribution in [-0.4, -0.2) is 0 Å². The molecule has 0 aliphatic rings. The summed E-state index contributed by atoms with van der Waals surface area (Å²) in [7, 11) is 0. The number of rotatable bonds is 19. The van der Waals surface area contributed by atoms with Gasteiger partial charge in [-0.2, -0.15) is 0 Å². The van der Waals surface area contributed by atoms with Crippen molar-refractivity contribution in [2.24, 2.45) is 0 Å². The van der Waals surface area contributed by atoms with E-state index in [4.69, 9.17) is 4.74 Å². The largest absolute Gasteiger partial charge is 0.489 e. The maximum absolute atomic E-state index is 6.06. The van der Waals surface area contributed by atoms with Crippen LogP contribution in [0.15, 0.2) is 91.0 Å². The number of hydrogen-bond donors (Lipinski definition) is 0. The fourth-order valence-corrected chi connectivity index (χ4v) is 4.87. The molecule has 0 fully saturated rings. The summed E-state index contributed by atoms with van der Waals surface area (Å²) in [5, 5.41) is 0. The van der Waals surface area contributed by atoms with E-state index in [0.717, 1.165) is 5.75 Å². The third-order valence-corrected chi connectivity index (χ3v) is 7.38. The molecular formula is C38H50O. The Morgan fingerprint density at radius 2 is 1.13 bits per heavy atom. The number of aryl methyl sites for hydroxylation is 1. The van der Waals surface area contributed by atoms with Crippen LogP contribution in [0.2, 0.25) is 0 Å². The first-order valence-electron chi connectivity index (χ1n) is 15.5. The van der Waals surface area contributed by atoms with Gasteiger partial charge in [0.05, 0.1) is 0 Å². The van der Waals surface area contributed by atoms with Crippen LogP contribution in [0, 0.1) is 0 Å². The number of allylic oxidation sites excluding steroid dienone is 3. The summed E-state index contributed by atoms with van der Waals surface area (Å²) >= 11 is 0.